The lowest BCUT2D eigenvalue weighted by molar-refractivity contribution is 0.566. The molecule has 1 aliphatic rings. The molecule has 1 aliphatic heterocycles. The van der Waals surface area contributed by atoms with Crippen LogP contribution in [0.25, 0.3) is 0 Å². The summed E-state index contributed by atoms with van der Waals surface area (Å²) in [5.74, 6) is 2.07. The highest BCUT2D eigenvalue weighted by Gasteiger charge is 2.35. The molecule has 0 saturated heterocycles. The van der Waals surface area contributed by atoms with E-state index in [0.29, 0.717) is 0 Å². The largest absolute Gasteiger partial charge is 0.314 e. The second kappa shape index (κ2) is 5.38. The van der Waals surface area contributed by atoms with Crippen LogP contribution in [0.1, 0.15) is 71.6 Å². The van der Waals surface area contributed by atoms with E-state index in [4.69, 9.17) is 0 Å². The Balaban J connectivity index is 2.77. The average Bonchev–Trinajstić information content (AvgIpc) is 2.66. The number of allylic oxidation sites excluding steroid dienone is 1. The predicted molar refractivity (Wildman–Crippen MR) is 99.1 cm³/mol. The quantitative estimate of drug-likeness (QED) is 0.590. The smallest absolute Gasteiger partial charge is 0.137 e. The molecule has 1 heterocycles. The maximum absolute atomic E-state index is 13.6. The molecule has 122 valence electrons. The highest BCUT2D eigenvalue weighted by atomic mass is 31.2. The van der Waals surface area contributed by atoms with E-state index in [-0.39, 0.29) is 10.8 Å². The third kappa shape index (κ3) is 3.25. The Morgan fingerprint density at radius 1 is 0.955 bits per heavy atom. The number of benzene rings is 1. The van der Waals surface area contributed by atoms with Crippen molar-refractivity contribution in [2.45, 2.75) is 72.6 Å². The number of hydrogen-bond donors (Lipinski definition) is 0. The maximum Gasteiger partial charge on any atom is 0.137 e. The van der Waals surface area contributed by atoms with Gasteiger partial charge in [0, 0.05) is 11.5 Å². The molecule has 0 N–H and O–H groups in total. The highest BCUT2D eigenvalue weighted by molar-refractivity contribution is 7.75. The van der Waals surface area contributed by atoms with Crippen LogP contribution in [0, 0.1) is 6.92 Å². The number of rotatable bonds is 1. The van der Waals surface area contributed by atoms with Gasteiger partial charge in [-0.05, 0) is 53.6 Å². The minimum absolute atomic E-state index is 0.00307. The first-order valence-electron chi connectivity index (χ1n) is 8.28. The third-order valence-electron chi connectivity index (χ3n) is 4.62. The van der Waals surface area contributed by atoms with Crippen molar-refractivity contribution in [3.8, 4) is 0 Å². The van der Waals surface area contributed by atoms with Crippen molar-refractivity contribution in [2.24, 2.45) is 0 Å². The Morgan fingerprint density at radius 3 is 1.95 bits per heavy atom. The van der Waals surface area contributed by atoms with Crippen LogP contribution in [0.4, 0.5) is 0 Å². The van der Waals surface area contributed by atoms with Gasteiger partial charge in [-0.3, -0.25) is 0 Å². The molecular weight excluding hydrogens is 287 g/mol. The van der Waals surface area contributed by atoms with Gasteiger partial charge < -0.3 is 4.57 Å². The molecule has 0 spiro atoms. The Labute approximate surface area is 136 Å². The summed E-state index contributed by atoms with van der Waals surface area (Å²) in [4.78, 5) is 0. The lowest BCUT2D eigenvalue weighted by Gasteiger charge is -2.30. The van der Waals surface area contributed by atoms with Gasteiger partial charge >= 0.3 is 0 Å². The third-order valence-corrected chi connectivity index (χ3v) is 7.72. The van der Waals surface area contributed by atoms with Crippen LogP contribution < -0.4 is 5.30 Å². The fourth-order valence-corrected chi connectivity index (χ4v) is 6.77. The van der Waals surface area contributed by atoms with E-state index < -0.39 is 7.14 Å². The van der Waals surface area contributed by atoms with Gasteiger partial charge in [0.25, 0.3) is 0 Å². The molecule has 0 amide bonds. The van der Waals surface area contributed by atoms with Crippen LogP contribution in [0.2, 0.25) is 0 Å². The van der Waals surface area contributed by atoms with E-state index in [1.807, 2.05) is 0 Å². The molecule has 2 rings (SSSR count). The van der Waals surface area contributed by atoms with Crippen LogP contribution in [-0.4, -0.2) is 6.16 Å². The SMILES string of the molecule is CC1=CP(=O)(c2c(C)cc(C(C)(C)C)cc2C(C)(C)C)CC1. The Morgan fingerprint density at radius 2 is 1.55 bits per heavy atom. The lowest BCUT2D eigenvalue weighted by Crippen LogP contribution is -2.27. The second-order valence-corrected chi connectivity index (χ2v) is 11.7. The van der Waals surface area contributed by atoms with Gasteiger partial charge in [0.05, 0.1) is 0 Å². The topological polar surface area (TPSA) is 17.1 Å². The van der Waals surface area contributed by atoms with Crippen LogP contribution in [0.5, 0.6) is 0 Å². The molecule has 22 heavy (non-hydrogen) atoms. The Kier molecular flexibility index (Phi) is 4.29. The van der Waals surface area contributed by atoms with Gasteiger partial charge in [-0.2, -0.15) is 0 Å². The van der Waals surface area contributed by atoms with Crippen LogP contribution in [-0.2, 0) is 15.4 Å². The summed E-state index contributed by atoms with van der Waals surface area (Å²) in [7, 11) is -2.38. The molecule has 0 aromatic heterocycles. The van der Waals surface area contributed by atoms with Gasteiger partial charge in [0.2, 0.25) is 0 Å². The van der Waals surface area contributed by atoms with Crippen molar-refractivity contribution in [1.29, 1.82) is 0 Å². The summed E-state index contributed by atoms with van der Waals surface area (Å²) in [5, 5.41) is 1.13. The minimum Gasteiger partial charge on any atom is -0.314 e. The van der Waals surface area contributed by atoms with E-state index >= 15 is 0 Å². The van der Waals surface area contributed by atoms with E-state index in [0.717, 1.165) is 17.9 Å². The summed E-state index contributed by atoms with van der Waals surface area (Å²) in [6, 6.07) is 4.56. The highest BCUT2D eigenvalue weighted by Crippen LogP contribution is 2.55. The Bertz CT molecular complexity index is 666. The van der Waals surface area contributed by atoms with Crippen molar-refractivity contribution in [1.82, 2.24) is 0 Å². The molecule has 2 heteroatoms. The van der Waals surface area contributed by atoms with Gasteiger partial charge in [0.15, 0.2) is 0 Å². The lowest BCUT2D eigenvalue weighted by atomic mass is 9.79. The molecule has 1 aromatic carbocycles. The normalized spacial score (nSPS) is 22.8. The number of aryl methyl sites for hydroxylation is 1. The summed E-state index contributed by atoms with van der Waals surface area (Å²) in [5.41, 5.74) is 5.20. The molecule has 0 saturated carbocycles. The average molecular weight is 318 g/mol. The van der Waals surface area contributed by atoms with Crippen LogP contribution in [0.3, 0.4) is 0 Å². The Hall–Kier alpha value is -0.810. The molecule has 0 aliphatic carbocycles. The zero-order valence-corrected chi connectivity index (χ0v) is 16.4. The van der Waals surface area contributed by atoms with Crippen molar-refractivity contribution >= 4 is 12.4 Å². The molecule has 1 nitrogen and oxygen atoms in total. The van der Waals surface area contributed by atoms with Gasteiger partial charge in [0.1, 0.15) is 7.14 Å². The van der Waals surface area contributed by atoms with Gasteiger partial charge in [-0.15, -0.1) is 0 Å². The predicted octanol–water partition coefficient (Wildman–Crippen LogP) is 5.89. The summed E-state index contributed by atoms with van der Waals surface area (Å²) in [6.45, 7) is 17.7. The zero-order valence-electron chi connectivity index (χ0n) is 15.5. The fraction of sp³-hybridized carbons (Fsp3) is 0.600. The summed E-state index contributed by atoms with van der Waals surface area (Å²) in [6.07, 6.45) is 1.78. The summed E-state index contributed by atoms with van der Waals surface area (Å²) < 4.78 is 13.6. The van der Waals surface area contributed by atoms with E-state index in [1.165, 1.54) is 22.3 Å². The fourth-order valence-electron chi connectivity index (χ4n) is 3.29. The maximum atomic E-state index is 13.6. The second-order valence-electron chi connectivity index (χ2n) is 8.93. The van der Waals surface area contributed by atoms with E-state index in [2.05, 4.69) is 73.3 Å². The van der Waals surface area contributed by atoms with Crippen molar-refractivity contribution in [3.05, 3.63) is 40.2 Å². The van der Waals surface area contributed by atoms with E-state index in [9.17, 15) is 4.57 Å². The van der Waals surface area contributed by atoms with Crippen molar-refractivity contribution < 1.29 is 4.57 Å². The molecule has 0 radical (unpaired) electrons. The molecular formula is C20H31OP. The number of hydrogen-bond acceptors (Lipinski definition) is 1. The first-order chi connectivity index (χ1) is 9.84. The van der Waals surface area contributed by atoms with Crippen molar-refractivity contribution in [2.75, 3.05) is 6.16 Å². The molecule has 0 bridgehead atoms. The first kappa shape index (κ1) is 17.5. The summed E-state index contributed by atoms with van der Waals surface area (Å²) >= 11 is 0. The monoisotopic (exact) mass is 318 g/mol. The van der Waals surface area contributed by atoms with E-state index in [1.54, 1.807) is 0 Å². The van der Waals surface area contributed by atoms with Crippen LogP contribution >= 0.6 is 7.14 Å². The molecule has 1 unspecified atom stereocenters. The van der Waals surface area contributed by atoms with Gasteiger partial charge in [-0.25, -0.2) is 0 Å². The minimum atomic E-state index is -2.38. The molecule has 1 aromatic rings. The zero-order chi connectivity index (χ0) is 16.9. The van der Waals surface area contributed by atoms with Crippen LogP contribution in [0.15, 0.2) is 23.5 Å². The standard InChI is InChI=1S/C20H31OP/c1-14-9-10-22(21,13-14)18-15(2)11-16(19(3,4)5)12-17(18)20(6,7)8/h11-13H,9-10H2,1-8H3. The van der Waals surface area contributed by atoms with Gasteiger partial charge in [-0.1, -0.05) is 59.2 Å². The van der Waals surface area contributed by atoms with Crippen molar-refractivity contribution in [3.63, 3.8) is 0 Å². The molecule has 0 fully saturated rings. The first-order valence-corrected chi connectivity index (χ1v) is 10.2. The molecule has 1 atom stereocenters.